The largest absolute Gasteiger partial charge is 0.348 e. The molecule has 0 atom stereocenters. The van der Waals surface area contributed by atoms with Gasteiger partial charge in [-0.25, -0.2) is 18.2 Å². The van der Waals surface area contributed by atoms with E-state index in [1.54, 1.807) is 29.3 Å². The highest BCUT2D eigenvalue weighted by Gasteiger charge is 2.44. The molecule has 0 fully saturated rings. The molecular weight excluding hydrogens is 439 g/mol. The number of carbonyl (C=O) groups is 2. The third kappa shape index (κ3) is 3.88. The molecule has 1 aliphatic heterocycles. The van der Waals surface area contributed by atoms with Gasteiger partial charge in [0, 0.05) is 46.6 Å². The van der Waals surface area contributed by atoms with Gasteiger partial charge < -0.3 is 10.2 Å². The number of hydrogen-bond donors (Lipinski definition) is 1. The van der Waals surface area contributed by atoms with E-state index in [-0.39, 0.29) is 11.5 Å². The van der Waals surface area contributed by atoms with E-state index in [0.717, 1.165) is 15.4 Å². The van der Waals surface area contributed by atoms with Crippen molar-refractivity contribution in [2.75, 3.05) is 4.90 Å². The smallest absolute Gasteiger partial charge is 0.251 e. The number of nitrogens with zero attached hydrogens (tertiary/aromatic N) is 2. The van der Waals surface area contributed by atoms with E-state index in [0.29, 0.717) is 24.4 Å². The van der Waals surface area contributed by atoms with E-state index < -0.39 is 40.9 Å². The number of amides is 2. The van der Waals surface area contributed by atoms with Crippen LogP contribution in [0.25, 0.3) is 0 Å². The third-order valence-corrected chi connectivity index (χ3v) is 6.42. The van der Waals surface area contributed by atoms with Crippen molar-refractivity contribution in [2.45, 2.75) is 39.3 Å². The fourth-order valence-corrected chi connectivity index (χ4v) is 4.57. The van der Waals surface area contributed by atoms with E-state index >= 15 is 0 Å². The molecule has 166 valence electrons. The first-order chi connectivity index (χ1) is 15.1. The summed E-state index contributed by atoms with van der Waals surface area (Å²) >= 11 is 1.49. The Morgan fingerprint density at radius 1 is 1.16 bits per heavy atom. The summed E-state index contributed by atoms with van der Waals surface area (Å²) < 4.78 is 40.8. The Bertz CT molecular complexity index is 1220. The zero-order chi connectivity index (χ0) is 23.2. The number of fused-ring (bicyclic) bond motifs is 1. The number of aryl methyl sites for hydroxylation is 1. The number of halogens is 3. The molecule has 2 amide bonds. The Balaban J connectivity index is 1.59. The molecule has 1 N–H and O–H groups in total. The van der Waals surface area contributed by atoms with E-state index in [1.807, 2.05) is 20.8 Å². The molecule has 1 aromatic heterocycles. The first kappa shape index (κ1) is 22.0. The second-order valence-electron chi connectivity index (χ2n) is 8.12. The van der Waals surface area contributed by atoms with Gasteiger partial charge in [0.25, 0.3) is 5.91 Å². The van der Waals surface area contributed by atoms with Crippen molar-refractivity contribution in [3.05, 3.63) is 80.6 Å². The number of carbonyl (C=O) groups excluding carboxylic acids is 2. The Kier molecular flexibility index (Phi) is 5.54. The number of nitrogens with one attached hydrogen (secondary N) is 1. The second-order valence-corrected chi connectivity index (χ2v) is 9.44. The Hall–Kier alpha value is -3.20. The first-order valence-corrected chi connectivity index (χ1v) is 10.7. The lowest BCUT2D eigenvalue weighted by atomic mass is 9.86. The molecule has 1 aliphatic rings. The van der Waals surface area contributed by atoms with Crippen LogP contribution in [0.5, 0.6) is 0 Å². The number of rotatable bonds is 5. The molecule has 32 heavy (non-hydrogen) atoms. The van der Waals surface area contributed by atoms with Gasteiger partial charge in [-0.05, 0) is 38.5 Å². The summed E-state index contributed by atoms with van der Waals surface area (Å²) in [5, 5.41) is 3.34. The zero-order valence-corrected chi connectivity index (χ0v) is 18.4. The molecule has 4 rings (SSSR count). The van der Waals surface area contributed by atoms with Crippen LogP contribution < -0.4 is 10.2 Å². The molecule has 5 nitrogen and oxygen atoms in total. The van der Waals surface area contributed by atoms with E-state index in [1.165, 1.54) is 11.3 Å². The molecule has 0 saturated carbocycles. The zero-order valence-electron chi connectivity index (χ0n) is 17.6. The van der Waals surface area contributed by atoms with Crippen LogP contribution in [0.1, 0.15) is 45.2 Å². The predicted molar refractivity (Wildman–Crippen MR) is 115 cm³/mol. The molecule has 2 aromatic carbocycles. The topological polar surface area (TPSA) is 62.3 Å². The fourth-order valence-electron chi connectivity index (χ4n) is 3.79. The lowest BCUT2D eigenvalue weighted by Gasteiger charge is -2.19. The summed E-state index contributed by atoms with van der Waals surface area (Å²) in [6.45, 7) is 5.42. The lowest BCUT2D eigenvalue weighted by Crippen LogP contribution is -2.35. The second kappa shape index (κ2) is 8.05. The summed E-state index contributed by atoms with van der Waals surface area (Å²) in [5.74, 6) is -3.84. The summed E-state index contributed by atoms with van der Waals surface area (Å²) in [6.07, 6.45) is 1.72. The van der Waals surface area contributed by atoms with Crippen molar-refractivity contribution >= 4 is 28.8 Å². The van der Waals surface area contributed by atoms with Crippen molar-refractivity contribution in [3.63, 3.8) is 0 Å². The SMILES string of the molecule is Cc1ncc(CN2C(=O)C(C)(C)c3ccc(C(=O)NCc4c(F)cc(F)cc4F)cc32)s1. The predicted octanol–water partition coefficient (Wildman–Crippen LogP) is 4.62. The van der Waals surface area contributed by atoms with Crippen molar-refractivity contribution in [1.82, 2.24) is 10.3 Å². The lowest BCUT2D eigenvalue weighted by molar-refractivity contribution is -0.122. The van der Waals surface area contributed by atoms with Crippen molar-refractivity contribution in [2.24, 2.45) is 0 Å². The van der Waals surface area contributed by atoms with Gasteiger partial charge in [-0.2, -0.15) is 0 Å². The minimum absolute atomic E-state index is 0.0911. The molecule has 0 bridgehead atoms. The Labute approximate surface area is 186 Å². The Morgan fingerprint density at radius 3 is 2.47 bits per heavy atom. The van der Waals surface area contributed by atoms with Crippen LogP contribution >= 0.6 is 11.3 Å². The Morgan fingerprint density at radius 2 is 1.84 bits per heavy atom. The van der Waals surface area contributed by atoms with Crippen molar-refractivity contribution < 1.29 is 22.8 Å². The van der Waals surface area contributed by atoms with Crippen LogP contribution in [-0.2, 0) is 23.3 Å². The van der Waals surface area contributed by atoms with E-state index in [9.17, 15) is 22.8 Å². The van der Waals surface area contributed by atoms with Crippen LogP contribution in [0.4, 0.5) is 18.9 Å². The average Bonchev–Trinajstić information content (AvgIpc) is 3.21. The first-order valence-electron chi connectivity index (χ1n) is 9.87. The van der Waals surface area contributed by atoms with Crippen molar-refractivity contribution in [3.8, 4) is 0 Å². The number of anilines is 1. The molecule has 3 aromatic rings. The number of hydrogen-bond acceptors (Lipinski definition) is 4. The average molecular weight is 459 g/mol. The van der Waals surface area contributed by atoms with Gasteiger partial charge in [-0.1, -0.05) is 6.07 Å². The van der Waals surface area contributed by atoms with Crippen LogP contribution in [0, 0.1) is 24.4 Å². The van der Waals surface area contributed by atoms with Crippen LogP contribution in [0.3, 0.4) is 0 Å². The van der Waals surface area contributed by atoms with Crippen LogP contribution in [0.2, 0.25) is 0 Å². The summed E-state index contributed by atoms with van der Waals surface area (Å²) in [4.78, 5) is 32.5. The minimum Gasteiger partial charge on any atom is -0.348 e. The van der Waals surface area contributed by atoms with Crippen molar-refractivity contribution in [1.29, 1.82) is 0 Å². The normalized spacial score (nSPS) is 14.6. The van der Waals surface area contributed by atoms with E-state index in [2.05, 4.69) is 10.3 Å². The summed E-state index contributed by atoms with van der Waals surface area (Å²) in [7, 11) is 0. The van der Waals surface area contributed by atoms with Crippen LogP contribution in [-0.4, -0.2) is 16.8 Å². The third-order valence-electron chi connectivity index (χ3n) is 5.52. The maximum absolute atomic E-state index is 13.9. The molecule has 2 heterocycles. The van der Waals surface area contributed by atoms with Gasteiger partial charge in [0.15, 0.2) is 0 Å². The monoisotopic (exact) mass is 459 g/mol. The van der Waals surface area contributed by atoms with Gasteiger partial charge in [0.2, 0.25) is 5.91 Å². The highest BCUT2D eigenvalue weighted by Crippen LogP contribution is 2.43. The van der Waals surface area contributed by atoms with Gasteiger partial charge in [-0.3, -0.25) is 9.59 Å². The molecule has 0 aliphatic carbocycles. The van der Waals surface area contributed by atoms with Gasteiger partial charge in [0.05, 0.1) is 17.0 Å². The molecule has 9 heteroatoms. The molecule has 0 radical (unpaired) electrons. The molecule has 0 spiro atoms. The quantitative estimate of drug-likeness (QED) is 0.606. The van der Waals surface area contributed by atoms with Gasteiger partial charge in [-0.15, -0.1) is 11.3 Å². The standard InChI is InChI=1S/C23H20F3N3O2S/c1-12-27-9-15(32-12)11-29-20-6-13(4-5-17(20)23(2,3)22(29)31)21(30)28-10-16-18(25)7-14(24)8-19(16)26/h4-9H,10-11H2,1-3H3,(H,28,30). The summed E-state index contributed by atoms with van der Waals surface area (Å²) in [6, 6.07) is 6.02. The van der Waals surface area contributed by atoms with Crippen LogP contribution in [0.15, 0.2) is 36.5 Å². The van der Waals surface area contributed by atoms with Gasteiger partial charge >= 0.3 is 0 Å². The molecule has 0 unspecified atom stereocenters. The maximum Gasteiger partial charge on any atom is 0.251 e. The highest BCUT2D eigenvalue weighted by atomic mass is 32.1. The molecule has 0 saturated heterocycles. The van der Waals surface area contributed by atoms with E-state index in [4.69, 9.17) is 0 Å². The van der Waals surface area contributed by atoms with Gasteiger partial charge in [0.1, 0.15) is 17.5 Å². The highest BCUT2D eigenvalue weighted by molar-refractivity contribution is 7.11. The number of benzene rings is 2. The maximum atomic E-state index is 13.9. The fraction of sp³-hybridized carbons (Fsp3) is 0.261. The number of aromatic nitrogens is 1. The molecular formula is C23H20F3N3O2S. The minimum atomic E-state index is -1.07. The number of thiazole rings is 1. The summed E-state index contributed by atoms with van der Waals surface area (Å²) in [5.41, 5.74) is 0.445.